The lowest BCUT2D eigenvalue weighted by Crippen LogP contribution is -2.09. The van der Waals surface area contributed by atoms with Gasteiger partial charge in [-0.15, -0.1) is 0 Å². The van der Waals surface area contributed by atoms with Gasteiger partial charge in [-0.2, -0.15) is 0 Å². The average Bonchev–Trinajstić information content (AvgIpc) is 2.84. The molecule has 0 bridgehead atoms. The standard InChI is InChI=1S/C30H37Br2N/c1-2-3-4-5-6-7-8-9-10-11-12-25-13-19-28(20-14-25)33(29-21-15-26(31)16-22-29)30-23-17-27(32)18-24-30/h13-24H,2-12H2,1H3. The van der Waals surface area contributed by atoms with Crippen molar-refractivity contribution in [1.29, 1.82) is 0 Å². The fourth-order valence-corrected chi connectivity index (χ4v) is 4.78. The van der Waals surface area contributed by atoms with Crippen LogP contribution in [0.25, 0.3) is 0 Å². The quantitative estimate of drug-likeness (QED) is 0.174. The van der Waals surface area contributed by atoms with Gasteiger partial charge in [-0.1, -0.05) is 109 Å². The Kier molecular flexibility index (Phi) is 11.5. The lowest BCUT2D eigenvalue weighted by atomic mass is 10.0. The zero-order valence-corrected chi connectivity index (χ0v) is 23.1. The molecule has 176 valence electrons. The Morgan fingerprint density at radius 3 is 1.27 bits per heavy atom. The molecule has 33 heavy (non-hydrogen) atoms. The molecular formula is C30H37Br2N. The zero-order valence-electron chi connectivity index (χ0n) is 19.9. The van der Waals surface area contributed by atoms with E-state index in [9.17, 15) is 0 Å². The molecule has 3 heteroatoms. The maximum absolute atomic E-state index is 3.56. The number of nitrogens with zero attached hydrogens (tertiary/aromatic N) is 1. The Morgan fingerprint density at radius 2 is 0.848 bits per heavy atom. The third kappa shape index (κ3) is 8.94. The number of hydrogen-bond acceptors (Lipinski definition) is 1. The summed E-state index contributed by atoms with van der Waals surface area (Å²) in [7, 11) is 0. The third-order valence-electron chi connectivity index (χ3n) is 6.18. The van der Waals surface area contributed by atoms with Crippen molar-refractivity contribution in [3.05, 3.63) is 87.3 Å². The maximum atomic E-state index is 3.56. The molecular weight excluding hydrogens is 534 g/mol. The van der Waals surface area contributed by atoms with E-state index in [4.69, 9.17) is 0 Å². The molecule has 0 unspecified atom stereocenters. The fourth-order valence-electron chi connectivity index (χ4n) is 4.26. The molecule has 3 aromatic carbocycles. The molecule has 0 aliphatic carbocycles. The summed E-state index contributed by atoms with van der Waals surface area (Å²) >= 11 is 7.12. The fraction of sp³-hybridized carbons (Fsp3) is 0.400. The van der Waals surface area contributed by atoms with Gasteiger partial charge in [-0.3, -0.25) is 0 Å². The molecule has 3 aromatic rings. The predicted octanol–water partition coefficient (Wildman–Crippen LogP) is 11.1. The molecule has 0 aliphatic rings. The van der Waals surface area contributed by atoms with Crippen LogP contribution in [0.2, 0.25) is 0 Å². The van der Waals surface area contributed by atoms with Crippen LogP contribution < -0.4 is 4.90 Å². The van der Waals surface area contributed by atoms with E-state index in [0.29, 0.717) is 0 Å². The summed E-state index contributed by atoms with van der Waals surface area (Å²) in [5.74, 6) is 0. The molecule has 0 radical (unpaired) electrons. The maximum Gasteiger partial charge on any atom is 0.0462 e. The van der Waals surface area contributed by atoms with E-state index in [1.807, 2.05) is 0 Å². The van der Waals surface area contributed by atoms with Crippen molar-refractivity contribution < 1.29 is 0 Å². The van der Waals surface area contributed by atoms with Gasteiger partial charge in [0.2, 0.25) is 0 Å². The van der Waals surface area contributed by atoms with Gasteiger partial charge in [0.25, 0.3) is 0 Å². The summed E-state index contributed by atoms with van der Waals surface area (Å²) in [4.78, 5) is 2.31. The Hall–Kier alpha value is -1.58. The van der Waals surface area contributed by atoms with Crippen LogP contribution in [0.1, 0.15) is 76.7 Å². The summed E-state index contributed by atoms with van der Waals surface area (Å²) in [5.41, 5.74) is 4.93. The van der Waals surface area contributed by atoms with Crippen LogP contribution in [-0.4, -0.2) is 0 Å². The molecule has 0 atom stereocenters. The van der Waals surface area contributed by atoms with E-state index in [0.717, 1.165) is 20.3 Å². The van der Waals surface area contributed by atoms with E-state index >= 15 is 0 Å². The molecule has 0 N–H and O–H groups in total. The minimum Gasteiger partial charge on any atom is -0.311 e. The van der Waals surface area contributed by atoms with Gasteiger partial charge in [-0.25, -0.2) is 0 Å². The lowest BCUT2D eigenvalue weighted by Gasteiger charge is -2.25. The van der Waals surface area contributed by atoms with Crippen LogP contribution in [0, 0.1) is 0 Å². The van der Waals surface area contributed by atoms with Crippen molar-refractivity contribution in [3.8, 4) is 0 Å². The van der Waals surface area contributed by atoms with Gasteiger partial charge in [0.1, 0.15) is 0 Å². The highest BCUT2D eigenvalue weighted by Gasteiger charge is 2.12. The van der Waals surface area contributed by atoms with Crippen molar-refractivity contribution in [3.63, 3.8) is 0 Å². The minimum absolute atomic E-state index is 1.09. The SMILES string of the molecule is CCCCCCCCCCCCc1ccc(N(c2ccc(Br)cc2)c2ccc(Br)cc2)cc1. The van der Waals surface area contributed by atoms with E-state index in [1.54, 1.807) is 0 Å². The molecule has 0 heterocycles. The van der Waals surface area contributed by atoms with Gasteiger partial charge in [0, 0.05) is 26.0 Å². The monoisotopic (exact) mass is 569 g/mol. The van der Waals surface area contributed by atoms with E-state index < -0.39 is 0 Å². The molecule has 0 amide bonds. The first-order valence-electron chi connectivity index (χ1n) is 12.6. The van der Waals surface area contributed by atoms with Crippen LogP contribution in [0.4, 0.5) is 17.1 Å². The first-order chi connectivity index (χ1) is 16.2. The molecule has 1 nitrogen and oxygen atoms in total. The first-order valence-corrected chi connectivity index (χ1v) is 14.2. The van der Waals surface area contributed by atoms with Gasteiger partial charge >= 0.3 is 0 Å². The van der Waals surface area contributed by atoms with Crippen molar-refractivity contribution in [2.45, 2.75) is 77.6 Å². The van der Waals surface area contributed by atoms with Crippen LogP contribution in [0.5, 0.6) is 0 Å². The number of unbranched alkanes of at least 4 members (excludes halogenated alkanes) is 9. The first kappa shape index (κ1) is 26.0. The minimum atomic E-state index is 1.09. The summed E-state index contributed by atoms with van der Waals surface area (Å²) in [6.45, 7) is 2.29. The summed E-state index contributed by atoms with van der Waals surface area (Å²) < 4.78 is 2.18. The topological polar surface area (TPSA) is 3.24 Å². The van der Waals surface area contributed by atoms with Gasteiger partial charge < -0.3 is 4.90 Å². The number of rotatable bonds is 14. The molecule has 0 spiro atoms. The van der Waals surface area contributed by atoms with Crippen molar-refractivity contribution in [2.75, 3.05) is 4.90 Å². The van der Waals surface area contributed by atoms with Crippen LogP contribution in [0.3, 0.4) is 0 Å². The van der Waals surface area contributed by atoms with E-state index in [-0.39, 0.29) is 0 Å². The second-order valence-electron chi connectivity index (χ2n) is 8.89. The molecule has 0 saturated carbocycles. The van der Waals surface area contributed by atoms with Gasteiger partial charge in [-0.05, 0) is 79.1 Å². The van der Waals surface area contributed by atoms with E-state index in [1.165, 1.54) is 81.9 Å². The Bertz CT molecular complexity index is 872. The molecule has 3 rings (SSSR count). The number of aryl methyl sites for hydroxylation is 1. The Balaban J connectivity index is 1.53. The Morgan fingerprint density at radius 1 is 0.485 bits per heavy atom. The summed E-state index contributed by atoms with van der Waals surface area (Å²) in [6.07, 6.45) is 15.0. The van der Waals surface area contributed by atoms with Crippen molar-refractivity contribution in [2.24, 2.45) is 0 Å². The smallest absolute Gasteiger partial charge is 0.0462 e. The molecule has 0 aromatic heterocycles. The van der Waals surface area contributed by atoms with Crippen molar-refractivity contribution >= 4 is 48.9 Å². The lowest BCUT2D eigenvalue weighted by molar-refractivity contribution is 0.556. The zero-order chi connectivity index (χ0) is 23.3. The van der Waals surface area contributed by atoms with Crippen LogP contribution >= 0.6 is 31.9 Å². The van der Waals surface area contributed by atoms with Gasteiger partial charge in [0.15, 0.2) is 0 Å². The number of hydrogen-bond donors (Lipinski definition) is 0. The molecule has 0 saturated heterocycles. The highest BCUT2D eigenvalue weighted by atomic mass is 79.9. The third-order valence-corrected chi connectivity index (χ3v) is 7.24. The normalized spacial score (nSPS) is 11.0. The number of anilines is 3. The predicted molar refractivity (Wildman–Crippen MR) is 152 cm³/mol. The van der Waals surface area contributed by atoms with E-state index in [2.05, 4.69) is 116 Å². The second-order valence-corrected chi connectivity index (χ2v) is 10.7. The van der Waals surface area contributed by atoms with Gasteiger partial charge in [0.05, 0.1) is 0 Å². The largest absolute Gasteiger partial charge is 0.311 e. The van der Waals surface area contributed by atoms with Crippen LogP contribution in [-0.2, 0) is 6.42 Å². The summed E-state index contributed by atoms with van der Waals surface area (Å²) in [6, 6.07) is 26.1. The summed E-state index contributed by atoms with van der Waals surface area (Å²) in [5, 5.41) is 0. The van der Waals surface area contributed by atoms with Crippen molar-refractivity contribution in [1.82, 2.24) is 0 Å². The van der Waals surface area contributed by atoms with Crippen LogP contribution in [0.15, 0.2) is 81.7 Å². The second kappa shape index (κ2) is 14.6. The molecule has 0 aliphatic heterocycles. The highest BCUT2D eigenvalue weighted by molar-refractivity contribution is 9.10. The highest BCUT2D eigenvalue weighted by Crippen LogP contribution is 2.35. The number of benzene rings is 3. The molecule has 0 fully saturated rings. The average molecular weight is 571 g/mol. The number of halogens is 2. The Labute approximate surface area is 217 Å².